The smallest absolute Gasteiger partial charge is 0.294 e. The molecule has 2 aromatic carbocycles. The van der Waals surface area contributed by atoms with E-state index in [1.54, 1.807) is 60.7 Å². The molecule has 10 nitrogen and oxygen atoms in total. The molecule has 0 saturated carbocycles. The zero-order valence-electron chi connectivity index (χ0n) is 21.2. The van der Waals surface area contributed by atoms with Gasteiger partial charge in [0.1, 0.15) is 34.6 Å². The number of pyridine rings is 2. The average molecular weight is 644 g/mol. The highest BCUT2D eigenvalue weighted by Gasteiger charge is 2.20. The molecule has 0 atom stereocenters. The third kappa shape index (κ3) is 7.60. The van der Waals surface area contributed by atoms with Gasteiger partial charge in [0.25, 0.3) is 11.8 Å². The van der Waals surface area contributed by atoms with Crippen LogP contribution < -0.4 is 21.1 Å². The monoisotopic (exact) mass is 642 g/mol. The maximum atomic E-state index is 12.2. The summed E-state index contributed by atoms with van der Waals surface area (Å²) < 4.78 is 10.8. The van der Waals surface area contributed by atoms with Crippen LogP contribution in [0.4, 0.5) is 17.3 Å². The van der Waals surface area contributed by atoms with Crippen molar-refractivity contribution in [3.63, 3.8) is 0 Å². The number of nitrogens with zero attached hydrogens (tertiary/aromatic N) is 3. The summed E-state index contributed by atoms with van der Waals surface area (Å²) in [6, 6.07) is 18.2. The van der Waals surface area contributed by atoms with Gasteiger partial charge in [-0.2, -0.15) is 5.26 Å². The van der Waals surface area contributed by atoms with E-state index in [0.717, 1.165) is 0 Å². The molecule has 4 N–H and O–H groups in total. The van der Waals surface area contributed by atoms with Crippen LogP contribution in [-0.4, -0.2) is 28.4 Å². The summed E-state index contributed by atoms with van der Waals surface area (Å²) in [6.07, 6.45) is 2.85. The molecular formula is C28H18Cl4N6O4. The van der Waals surface area contributed by atoms with Gasteiger partial charge in [-0.3, -0.25) is 9.59 Å². The standard InChI is InChI=1S/2C14H9Cl2N3O2/c15-7-4-5-10(18-6-7)19-14(20)13-12(17)11-8(16)2-1-3-9(11)21-13;15-9-4-5-13(18-7-9)19-14(20)8-21-12-3-1-2-11(16)10(12)6-17/h1-6H,17H2,(H,18,19,20);1-5,7H,8H2,(H,18,19,20). The Balaban J connectivity index is 0.000000193. The Bertz CT molecular complexity index is 1790. The zero-order valence-corrected chi connectivity index (χ0v) is 24.2. The number of rotatable bonds is 6. The molecule has 0 fully saturated rings. The van der Waals surface area contributed by atoms with Crippen LogP contribution >= 0.6 is 46.4 Å². The zero-order chi connectivity index (χ0) is 30.2. The van der Waals surface area contributed by atoms with Crippen molar-refractivity contribution in [3.8, 4) is 11.8 Å². The maximum Gasteiger partial charge on any atom is 0.294 e. The number of aromatic nitrogens is 2. The molecular weight excluding hydrogens is 626 g/mol. The quantitative estimate of drug-likeness (QED) is 0.175. The Labute approximate surface area is 258 Å². The number of fused-ring (bicyclic) bond motifs is 1. The molecule has 0 aliphatic rings. The molecule has 0 unspecified atom stereocenters. The Morgan fingerprint density at radius 1 is 0.881 bits per heavy atom. The van der Waals surface area contributed by atoms with E-state index in [-0.39, 0.29) is 34.4 Å². The largest absolute Gasteiger partial charge is 0.482 e. The Hall–Kier alpha value is -4.53. The van der Waals surface area contributed by atoms with Gasteiger partial charge >= 0.3 is 0 Å². The second-order valence-electron chi connectivity index (χ2n) is 8.20. The van der Waals surface area contributed by atoms with Gasteiger partial charge in [-0.1, -0.05) is 58.5 Å². The fourth-order valence-electron chi connectivity index (χ4n) is 3.43. The number of carbonyl (C=O) groups is 2. The third-order valence-electron chi connectivity index (χ3n) is 5.32. The number of nitrogen functional groups attached to an aromatic ring is 1. The van der Waals surface area contributed by atoms with Crippen molar-refractivity contribution in [1.29, 1.82) is 5.26 Å². The molecule has 0 aliphatic carbocycles. The van der Waals surface area contributed by atoms with Gasteiger partial charge in [-0.05, 0) is 48.5 Å². The average Bonchev–Trinajstić information content (AvgIpc) is 3.32. The van der Waals surface area contributed by atoms with Gasteiger partial charge in [0, 0.05) is 12.4 Å². The van der Waals surface area contributed by atoms with E-state index < -0.39 is 11.8 Å². The van der Waals surface area contributed by atoms with Crippen LogP contribution in [0, 0.1) is 11.3 Å². The van der Waals surface area contributed by atoms with Crippen molar-refractivity contribution in [2.45, 2.75) is 0 Å². The Kier molecular flexibility index (Phi) is 10.1. The number of benzene rings is 2. The van der Waals surface area contributed by atoms with Crippen LogP contribution in [0.1, 0.15) is 16.1 Å². The molecule has 0 radical (unpaired) electrons. The number of nitriles is 1. The summed E-state index contributed by atoms with van der Waals surface area (Å²) in [6.45, 7) is -0.265. The number of halogens is 4. The summed E-state index contributed by atoms with van der Waals surface area (Å²) in [5.41, 5.74) is 6.78. The molecule has 5 aromatic rings. The van der Waals surface area contributed by atoms with Crippen LogP contribution in [0.15, 0.2) is 77.5 Å². The first-order chi connectivity index (χ1) is 20.2. The van der Waals surface area contributed by atoms with Crippen molar-refractivity contribution >= 4 is 86.5 Å². The SMILES string of the molecule is N#Cc1c(Cl)cccc1OCC(=O)Nc1ccc(Cl)cn1.Nc1c(C(=O)Nc2ccc(Cl)cn2)oc2cccc(Cl)c12. The molecule has 3 aromatic heterocycles. The van der Waals surface area contributed by atoms with Crippen molar-refractivity contribution in [3.05, 3.63) is 104 Å². The van der Waals surface area contributed by atoms with Crippen molar-refractivity contribution < 1.29 is 18.7 Å². The number of nitrogens with one attached hydrogen (secondary N) is 2. The lowest BCUT2D eigenvalue weighted by molar-refractivity contribution is -0.118. The normalized spacial score (nSPS) is 10.3. The highest BCUT2D eigenvalue weighted by molar-refractivity contribution is 6.37. The van der Waals surface area contributed by atoms with Gasteiger partial charge in [-0.25, -0.2) is 9.97 Å². The summed E-state index contributed by atoms with van der Waals surface area (Å²) in [4.78, 5) is 31.8. The second kappa shape index (κ2) is 13.9. The highest BCUT2D eigenvalue weighted by Crippen LogP contribution is 2.34. The fourth-order valence-corrected chi connectivity index (χ4v) is 4.13. The summed E-state index contributed by atoms with van der Waals surface area (Å²) in [7, 11) is 0. The van der Waals surface area contributed by atoms with Crippen molar-refractivity contribution in [1.82, 2.24) is 9.97 Å². The van der Waals surface area contributed by atoms with E-state index in [1.165, 1.54) is 12.4 Å². The molecule has 0 spiro atoms. The second-order valence-corrected chi connectivity index (χ2v) is 9.88. The van der Waals surface area contributed by atoms with Crippen molar-refractivity contribution in [2.24, 2.45) is 0 Å². The Morgan fingerprint density at radius 3 is 2.10 bits per heavy atom. The van der Waals surface area contributed by atoms with Gasteiger partial charge in [-0.15, -0.1) is 0 Å². The summed E-state index contributed by atoms with van der Waals surface area (Å²) in [5.74, 6) is 0.0392. The van der Waals surface area contributed by atoms with Crippen LogP contribution in [0.2, 0.25) is 20.1 Å². The van der Waals surface area contributed by atoms with E-state index in [4.69, 9.17) is 66.6 Å². The van der Waals surface area contributed by atoms with E-state index >= 15 is 0 Å². The topological polar surface area (TPSA) is 156 Å². The summed E-state index contributed by atoms with van der Waals surface area (Å²) in [5, 5.41) is 16.3. The minimum absolute atomic E-state index is 0.00477. The van der Waals surface area contributed by atoms with E-state index in [2.05, 4.69) is 20.6 Å². The van der Waals surface area contributed by atoms with Crippen LogP contribution in [0.5, 0.6) is 5.75 Å². The van der Waals surface area contributed by atoms with Gasteiger partial charge < -0.3 is 25.5 Å². The number of amides is 2. The number of hydrogen-bond donors (Lipinski definition) is 3. The molecule has 0 bridgehead atoms. The minimum Gasteiger partial charge on any atom is -0.482 e. The van der Waals surface area contributed by atoms with Crippen LogP contribution in [0.3, 0.4) is 0 Å². The molecule has 0 aliphatic heterocycles. The first kappa shape index (κ1) is 30.4. The number of carbonyl (C=O) groups excluding carboxylic acids is 2. The Morgan fingerprint density at radius 2 is 1.50 bits per heavy atom. The first-order valence-corrected chi connectivity index (χ1v) is 13.3. The predicted molar refractivity (Wildman–Crippen MR) is 162 cm³/mol. The number of hydrogen-bond acceptors (Lipinski definition) is 8. The van der Waals surface area contributed by atoms with Gasteiger partial charge in [0.05, 0.1) is 31.2 Å². The minimum atomic E-state index is -0.505. The maximum absolute atomic E-state index is 12.2. The highest BCUT2D eigenvalue weighted by atomic mass is 35.5. The lowest BCUT2D eigenvalue weighted by atomic mass is 10.2. The predicted octanol–water partition coefficient (Wildman–Crippen LogP) is 7.25. The van der Waals surface area contributed by atoms with Crippen LogP contribution in [0.25, 0.3) is 11.0 Å². The molecule has 5 rings (SSSR count). The molecule has 14 heteroatoms. The van der Waals surface area contributed by atoms with E-state index in [0.29, 0.717) is 37.7 Å². The third-order valence-corrected chi connectivity index (χ3v) is 6.39. The number of anilines is 3. The molecule has 212 valence electrons. The number of nitrogens with two attached hydrogens (primary N) is 1. The lowest BCUT2D eigenvalue weighted by Crippen LogP contribution is -2.21. The van der Waals surface area contributed by atoms with Crippen molar-refractivity contribution in [2.75, 3.05) is 23.0 Å². The van der Waals surface area contributed by atoms with Gasteiger partial charge in [0.2, 0.25) is 5.76 Å². The van der Waals surface area contributed by atoms with E-state index in [9.17, 15) is 9.59 Å². The van der Waals surface area contributed by atoms with Gasteiger partial charge in [0.15, 0.2) is 6.61 Å². The molecule has 3 heterocycles. The van der Waals surface area contributed by atoms with E-state index in [1.807, 2.05) is 6.07 Å². The first-order valence-electron chi connectivity index (χ1n) is 11.8. The molecule has 0 saturated heterocycles. The fraction of sp³-hybridized carbons (Fsp3) is 0.0357. The number of ether oxygens (including phenoxy) is 1. The van der Waals surface area contributed by atoms with Crippen LogP contribution in [-0.2, 0) is 4.79 Å². The number of furan rings is 1. The molecule has 2 amide bonds. The summed E-state index contributed by atoms with van der Waals surface area (Å²) >= 11 is 23.4. The lowest BCUT2D eigenvalue weighted by Gasteiger charge is -2.08. The molecule has 42 heavy (non-hydrogen) atoms.